The van der Waals surface area contributed by atoms with Crippen LogP contribution in [0.25, 0.3) is 11.3 Å². The molecule has 2 nitrogen and oxygen atoms in total. The average Bonchev–Trinajstić information content (AvgIpc) is 2.40. The van der Waals surface area contributed by atoms with Crippen LogP contribution in [0.15, 0.2) is 30.3 Å². The van der Waals surface area contributed by atoms with Crippen LogP contribution >= 0.6 is 0 Å². The van der Waals surface area contributed by atoms with Crippen molar-refractivity contribution < 1.29 is 0 Å². The number of hydrogen-bond donors (Lipinski definition) is 0. The Bertz CT molecular complexity index is 515. The van der Waals surface area contributed by atoms with Crippen molar-refractivity contribution in [3.8, 4) is 11.3 Å². The van der Waals surface area contributed by atoms with Gasteiger partial charge in [-0.05, 0) is 43.0 Å². The molecule has 0 aliphatic heterocycles. The molecule has 2 heteroatoms. The average molecular weight is 253 g/mol. The van der Waals surface area contributed by atoms with Gasteiger partial charge in [0.1, 0.15) is 0 Å². The third-order valence-electron chi connectivity index (χ3n) is 2.97. The van der Waals surface area contributed by atoms with Crippen LogP contribution in [0, 0.1) is 12.1 Å². The fraction of sp³-hybridized carbons (Fsp3) is 0.412. The number of aryl methyl sites for hydroxylation is 1. The van der Waals surface area contributed by atoms with Gasteiger partial charge in [0.05, 0.1) is 11.9 Å². The molecule has 2 heterocycles. The number of pyridine rings is 2. The van der Waals surface area contributed by atoms with E-state index in [-0.39, 0.29) is 0 Å². The fourth-order valence-electron chi connectivity index (χ4n) is 2.09. The lowest BCUT2D eigenvalue weighted by Gasteiger charge is -2.06. The van der Waals surface area contributed by atoms with E-state index in [1.807, 2.05) is 6.07 Å². The molecule has 0 amide bonds. The van der Waals surface area contributed by atoms with Crippen LogP contribution in [0.2, 0.25) is 0 Å². The van der Waals surface area contributed by atoms with E-state index in [1.165, 1.54) is 0 Å². The molecule has 0 saturated carbocycles. The van der Waals surface area contributed by atoms with E-state index in [0.29, 0.717) is 5.92 Å². The number of aromatic nitrogens is 2. The van der Waals surface area contributed by atoms with E-state index in [0.717, 1.165) is 41.9 Å². The van der Waals surface area contributed by atoms with Gasteiger partial charge in [-0.1, -0.05) is 33.3 Å². The van der Waals surface area contributed by atoms with Crippen molar-refractivity contribution in [2.24, 2.45) is 5.92 Å². The lowest BCUT2D eigenvalue weighted by molar-refractivity contribution is 0.635. The molecule has 0 aliphatic rings. The Morgan fingerprint density at radius 3 is 2.58 bits per heavy atom. The molecule has 0 N–H and O–H groups in total. The first-order valence-corrected chi connectivity index (χ1v) is 7.03. The summed E-state index contributed by atoms with van der Waals surface area (Å²) in [5.74, 6) is 0.623. The van der Waals surface area contributed by atoms with Crippen LogP contribution in [-0.4, -0.2) is 9.97 Å². The topological polar surface area (TPSA) is 25.8 Å². The van der Waals surface area contributed by atoms with Gasteiger partial charge < -0.3 is 0 Å². The molecule has 0 bridgehead atoms. The molecular formula is C17H21N2. The minimum absolute atomic E-state index is 0.623. The fourth-order valence-corrected chi connectivity index (χ4v) is 2.09. The highest BCUT2D eigenvalue weighted by Crippen LogP contribution is 2.17. The molecular weight excluding hydrogens is 232 g/mol. The van der Waals surface area contributed by atoms with Crippen molar-refractivity contribution in [3.05, 3.63) is 47.9 Å². The van der Waals surface area contributed by atoms with Crippen molar-refractivity contribution in [1.29, 1.82) is 0 Å². The zero-order chi connectivity index (χ0) is 13.7. The van der Waals surface area contributed by atoms with Gasteiger partial charge >= 0.3 is 0 Å². The normalized spacial score (nSPS) is 10.9. The molecule has 0 aliphatic carbocycles. The third kappa shape index (κ3) is 3.88. The van der Waals surface area contributed by atoms with Crippen LogP contribution in [0.1, 0.15) is 38.6 Å². The minimum atomic E-state index is 0.623. The molecule has 2 aromatic rings. The Kier molecular flexibility index (Phi) is 4.67. The Morgan fingerprint density at radius 1 is 1.11 bits per heavy atom. The van der Waals surface area contributed by atoms with Gasteiger partial charge in [0, 0.05) is 17.0 Å². The Labute approximate surface area is 115 Å². The second kappa shape index (κ2) is 6.46. The van der Waals surface area contributed by atoms with Gasteiger partial charge in [-0.2, -0.15) is 0 Å². The first-order chi connectivity index (χ1) is 9.19. The summed E-state index contributed by atoms with van der Waals surface area (Å²) in [4.78, 5) is 9.06. The Hall–Kier alpha value is -1.70. The largest absolute Gasteiger partial charge is 0.253 e. The van der Waals surface area contributed by atoms with E-state index >= 15 is 0 Å². The maximum atomic E-state index is 4.65. The van der Waals surface area contributed by atoms with Crippen LogP contribution in [0.5, 0.6) is 0 Å². The van der Waals surface area contributed by atoms with Crippen molar-refractivity contribution in [3.63, 3.8) is 0 Å². The zero-order valence-corrected chi connectivity index (χ0v) is 12.0. The van der Waals surface area contributed by atoms with Gasteiger partial charge in [-0.15, -0.1) is 0 Å². The Balaban J connectivity index is 2.19. The molecule has 2 aromatic heterocycles. The number of rotatable bonds is 5. The van der Waals surface area contributed by atoms with Crippen LogP contribution in [-0.2, 0) is 12.8 Å². The third-order valence-corrected chi connectivity index (χ3v) is 2.97. The van der Waals surface area contributed by atoms with Gasteiger partial charge in [0.15, 0.2) is 0 Å². The van der Waals surface area contributed by atoms with E-state index in [2.05, 4.69) is 61.2 Å². The van der Waals surface area contributed by atoms with Crippen molar-refractivity contribution >= 4 is 0 Å². The summed E-state index contributed by atoms with van der Waals surface area (Å²) in [5.41, 5.74) is 4.18. The van der Waals surface area contributed by atoms with E-state index < -0.39 is 0 Å². The predicted octanol–water partition coefficient (Wildman–Crippen LogP) is 4.09. The highest BCUT2D eigenvalue weighted by molar-refractivity contribution is 5.57. The summed E-state index contributed by atoms with van der Waals surface area (Å²) in [5, 5.41) is 0. The van der Waals surface area contributed by atoms with Crippen molar-refractivity contribution in [1.82, 2.24) is 9.97 Å². The lowest BCUT2D eigenvalue weighted by Crippen LogP contribution is -1.98. The second-order valence-electron chi connectivity index (χ2n) is 5.32. The summed E-state index contributed by atoms with van der Waals surface area (Å²) < 4.78 is 0. The van der Waals surface area contributed by atoms with Crippen LogP contribution < -0.4 is 0 Å². The molecule has 0 unspecified atom stereocenters. The summed E-state index contributed by atoms with van der Waals surface area (Å²) in [6.07, 6.45) is 6.25. The second-order valence-corrected chi connectivity index (χ2v) is 5.32. The van der Waals surface area contributed by atoms with Crippen LogP contribution in [0.4, 0.5) is 0 Å². The molecule has 1 radical (unpaired) electrons. The van der Waals surface area contributed by atoms with Gasteiger partial charge in [-0.25, -0.2) is 0 Å². The van der Waals surface area contributed by atoms with Crippen LogP contribution in [0.3, 0.4) is 0 Å². The number of nitrogens with zero attached hydrogens (tertiary/aromatic N) is 2. The molecule has 0 spiro atoms. The standard InChI is InChI=1S/C17H21N2/c1-4-6-15-7-5-8-17(19-15)14-9-10-16(18-12-14)11-13(2)3/h5,7-10,13H,4,6,11H2,1-3H3. The zero-order valence-electron chi connectivity index (χ0n) is 12.0. The molecule has 0 saturated heterocycles. The smallest absolute Gasteiger partial charge is 0.0990 e. The Morgan fingerprint density at radius 2 is 1.95 bits per heavy atom. The predicted molar refractivity (Wildman–Crippen MR) is 78.8 cm³/mol. The number of hydrogen-bond acceptors (Lipinski definition) is 2. The SMILES string of the molecule is CCCc1cccc(-c2[c]nc(CC(C)C)cc2)n1. The lowest BCUT2D eigenvalue weighted by atomic mass is 10.1. The first kappa shape index (κ1) is 13.7. The van der Waals surface area contributed by atoms with E-state index in [1.54, 1.807) is 0 Å². The first-order valence-electron chi connectivity index (χ1n) is 7.03. The molecule has 19 heavy (non-hydrogen) atoms. The highest BCUT2D eigenvalue weighted by Gasteiger charge is 2.04. The highest BCUT2D eigenvalue weighted by atomic mass is 14.7. The summed E-state index contributed by atoms with van der Waals surface area (Å²) in [6.45, 7) is 6.57. The maximum absolute atomic E-state index is 4.65. The van der Waals surface area contributed by atoms with E-state index in [4.69, 9.17) is 0 Å². The molecule has 0 aromatic carbocycles. The summed E-state index contributed by atoms with van der Waals surface area (Å²) in [7, 11) is 0. The minimum Gasteiger partial charge on any atom is -0.253 e. The summed E-state index contributed by atoms with van der Waals surface area (Å²) >= 11 is 0. The van der Waals surface area contributed by atoms with E-state index in [9.17, 15) is 0 Å². The maximum Gasteiger partial charge on any atom is 0.0990 e. The van der Waals surface area contributed by atoms with Gasteiger partial charge in [0.2, 0.25) is 0 Å². The van der Waals surface area contributed by atoms with Crippen molar-refractivity contribution in [2.45, 2.75) is 40.0 Å². The molecule has 0 atom stereocenters. The molecule has 0 fully saturated rings. The van der Waals surface area contributed by atoms with Crippen molar-refractivity contribution in [2.75, 3.05) is 0 Å². The van der Waals surface area contributed by atoms with Gasteiger partial charge in [-0.3, -0.25) is 9.97 Å². The molecule has 2 rings (SSSR count). The summed E-state index contributed by atoms with van der Waals surface area (Å²) in [6, 6.07) is 10.3. The molecule has 99 valence electrons. The quantitative estimate of drug-likeness (QED) is 0.802. The monoisotopic (exact) mass is 253 g/mol. The van der Waals surface area contributed by atoms with Gasteiger partial charge in [0.25, 0.3) is 0 Å².